The van der Waals surface area contributed by atoms with Gasteiger partial charge in [-0.2, -0.15) is 11.8 Å². The number of hydrogen-bond acceptors (Lipinski definition) is 1. The van der Waals surface area contributed by atoms with Crippen LogP contribution in [-0.4, -0.2) is 11.5 Å². The van der Waals surface area contributed by atoms with Crippen LogP contribution in [0.3, 0.4) is 0 Å². The first kappa shape index (κ1) is 54.1. The van der Waals surface area contributed by atoms with Gasteiger partial charge in [-0.3, -0.25) is 0 Å². The van der Waals surface area contributed by atoms with E-state index in [0.29, 0.717) is 0 Å². The van der Waals surface area contributed by atoms with Gasteiger partial charge in [0.25, 0.3) is 0 Å². The molecule has 286 valence electrons. The predicted molar refractivity (Wildman–Crippen MR) is 218 cm³/mol. The molecule has 1 nitrogen and oxygen atoms in total. The number of thioether (sulfide) groups is 1. The molecule has 0 amide bonds. The van der Waals surface area contributed by atoms with Crippen LogP contribution in [0.1, 0.15) is 239 Å². The van der Waals surface area contributed by atoms with E-state index in [1.807, 2.05) is 0 Å². The SMILES string of the molecule is CCCCCCCCCCCCCCCC[n+]1ccccc1.CCCCCCCCCCCCSCCCCCCCCCCCC.[Cl-].[Na+]. The average molecular weight is 734 g/mol. The van der Waals surface area contributed by atoms with Crippen LogP contribution in [0.5, 0.6) is 0 Å². The number of rotatable bonds is 37. The second-order valence-electron chi connectivity index (χ2n) is 14.7. The molecule has 0 aliphatic rings. The van der Waals surface area contributed by atoms with Gasteiger partial charge in [0.15, 0.2) is 12.4 Å². The van der Waals surface area contributed by atoms with Gasteiger partial charge in [-0.15, -0.1) is 0 Å². The van der Waals surface area contributed by atoms with Crippen LogP contribution in [0.2, 0.25) is 0 Å². The molecule has 0 fully saturated rings. The predicted octanol–water partition coefficient (Wildman–Crippen LogP) is 10.0. The maximum absolute atomic E-state index is 2.30. The van der Waals surface area contributed by atoms with Gasteiger partial charge in [0.05, 0.1) is 0 Å². The monoisotopic (exact) mass is 733 g/mol. The van der Waals surface area contributed by atoms with Crippen molar-refractivity contribution in [1.29, 1.82) is 0 Å². The Morgan fingerprint density at radius 2 is 0.571 bits per heavy atom. The fourth-order valence-electron chi connectivity index (χ4n) is 6.56. The molecule has 0 unspecified atom stereocenters. The summed E-state index contributed by atoms with van der Waals surface area (Å²) in [5, 5.41) is 0. The summed E-state index contributed by atoms with van der Waals surface area (Å²) in [6.07, 6.45) is 53.6. The molecule has 1 aromatic heterocycles. The molecule has 0 aliphatic carbocycles. The number of halogens is 1. The Hall–Kier alpha value is 0.790. The zero-order valence-electron chi connectivity index (χ0n) is 34.3. The molecule has 0 radical (unpaired) electrons. The van der Waals surface area contributed by atoms with E-state index in [1.165, 1.54) is 236 Å². The van der Waals surface area contributed by atoms with Crippen molar-refractivity contribution in [2.45, 2.75) is 246 Å². The van der Waals surface area contributed by atoms with Crippen molar-refractivity contribution in [2.24, 2.45) is 0 Å². The third-order valence-electron chi connectivity index (χ3n) is 9.83. The maximum atomic E-state index is 2.30. The minimum absolute atomic E-state index is 0. The topological polar surface area (TPSA) is 3.88 Å². The van der Waals surface area contributed by atoms with Crippen LogP contribution in [0, 0.1) is 0 Å². The van der Waals surface area contributed by atoms with Gasteiger partial charge in [0, 0.05) is 18.6 Å². The number of unbranched alkanes of at least 4 members (excludes halogenated alkanes) is 31. The Morgan fingerprint density at radius 1 is 0.327 bits per heavy atom. The molecule has 49 heavy (non-hydrogen) atoms. The molecule has 1 heterocycles. The standard InChI is InChI=1S/C24H50S.C21H38N.ClH.Na/c1-3-5-7-9-11-13-15-17-19-21-23-25-24-22-20-18-16-14-12-10-8-6-4-2;1-2-3-4-5-6-7-8-9-10-11-12-13-14-16-19-22-20-17-15-18-21-22;;/h3-24H2,1-2H3;15,17-18,20-21H,2-14,16,19H2,1H3;1H;/q;+1;;+1/p-1. The Kier molecular flexibility index (Phi) is 56.2. The van der Waals surface area contributed by atoms with Crippen LogP contribution in [0.4, 0.5) is 0 Å². The minimum Gasteiger partial charge on any atom is -1.00 e. The van der Waals surface area contributed by atoms with Crippen molar-refractivity contribution >= 4 is 11.8 Å². The number of nitrogens with zero attached hydrogens (tertiary/aromatic N) is 1. The minimum atomic E-state index is 0. The van der Waals surface area contributed by atoms with Gasteiger partial charge in [-0.1, -0.05) is 219 Å². The van der Waals surface area contributed by atoms with Crippen molar-refractivity contribution in [1.82, 2.24) is 0 Å². The molecule has 0 aliphatic heterocycles. The zero-order chi connectivity index (χ0) is 34.0. The van der Waals surface area contributed by atoms with Crippen molar-refractivity contribution in [3.63, 3.8) is 0 Å². The van der Waals surface area contributed by atoms with E-state index < -0.39 is 0 Å². The largest absolute Gasteiger partial charge is 1.00 e. The van der Waals surface area contributed by atoms with Crippen molar-refractivity contribution in [3.05, 3.63) is 30.6 Å². The average Bonchev–Trinajstić information content (AvgIpc) is 3.10. The molecular formula is C45H88ClNNaS+. The molecule has 1 rings (SSSR count). The second kappa shape index (κ2) is 50.9. The fourth-order valence-corrected chi connectivity index (χ4v) is 7.58. The molecule has 0 spiro atoms. The molecule has 0 N–H and O–H groups in total. The first-order valence-electron chi connectivity index (χ1n) is 21.9. The smallest absolute Gasteiger partial charge is 1.00 e. The summed E-state index contributed by atoms with van der Waals surface area (Å²) < 4.78 is 2.29. The molecule has 0 saturated carbocycles. The summed E-state index contributed by atoms with van der Waals surface area (Å²) in [6.45, 7) is 8.07. The second-order valence-corrected chi connectivity index (χ2v) is 15.9. The number of aryl methyl sites for hydroxylation is 1. The molecule has 4 heteroatoms. The normalized spacial score (nSPS) is 10.7. The summed E-state index contributed by atoms with van der Waals surface area (Å²) in [6, 6.07) is 6.31. The summed E-state index contributed by atoms with van der Waals surface area (Å²) in [5.41, 5.74) is 0. The summed E-state index contributed by atoms with van der Waals surface area (Å²) in [5.74, 6) is 2.82. The van der Waals surface area contributed by atoms with Crippen molar-refractivity contribution < 1.29 is 46.5 Å². The van der Waals surface area contributed by atoms with E-state index in [1.54, 1.807) is 0 Å². The van der Waals surface area contributed by atoms with Gasteiger partial charge in [-0.05, 0) is 30.8 Å². The number of hydrogen-bond donors (Lipinski definition) is 0. The first-order chi connectivity index (χ1) is 23.3. The van der Waals surface area contributed by atoms with E-state index in [2.05, 4.69) is 67.7 Å². The van der Waals surface area contributed by atoms with Gasteiger partial charge in [-0.25, -0.2) is 4.57 Å². The Morgan fingerprint density at radius 3 is 0.857 bits per heavy atom. The van der Waals surface area contributed by atoms with Gasteiger partial charge < -0.3 is 12.4 Å². The van der Waals surface area contributed by atoms with Crippen molar-refractivity contribution in [2.75, 3.05) is 11.5 Å². The molecular weight excluding hydrogens is 645 g/mol. The van der Waals surface area contributed by atoms with Crippen LogP contribution in [-0.2, 0) is 6.54 Å². The third kappa shape index (κ3) is 48.8. The van der Waals surface area contributed by atoms with E-state index in [-0.39, 0.29) is 42.0 Å². The maximum Gasteiger partial charge on any atom is 1.00 e. The molecule has 0 atom stereocenters. The molecule has 0 saturated heterocycles. The molecule has 1 aromatic rings. The third-order valence-corrected chi connectivity index (χ3v) is 11.0. The molecule has 0 bridgehead atoms. The first-order valence-corrected chi connectivity index (χ1v) is 23.0. The Balaban J connectivity index is -0.000000835. The summed E-state index contributed by atoms with van der Waals surface area (Å²) in [7, 11) is 0. The van der Waals surface area contributed by atoms with E-state index in [0.717, 1.165) is 0 Å². The van der Waals surface area contributed by atoms with Gasteiger partial charge in [0.1, 0.15) is 6.54 Å². The van der Waals surface area contributed by atoms with E-state index >= 15 is 0 Å². The van der Waals surface area contributed by atoms with E-state index in [9.17, 15) is 0 Å². The van der Waals surface area contributed by atoms with Gasteiger partial charge >= 0.3 is 29.6 Å². The van der Waals surface area contributed by atoms with Crippen LogP contribution in [0.15, 0.2) is 30.6 Å². The summed E-state index contributed by atoms with van der Waals surface area (Å²) in [4.78, 5) is 0. The van der Waals surface area contributed by atoms with Crippen LogP contribution < -0.4 is 46.5 Å². The zero-order valence-corrected chi connectivity index (χ0v) is 37.9. The quantitative estimate of drug-likeness (QED) is 0.0374. The van der Waals surface area contributed by atoms with Gasteiger partial charge in [0.2, 0.25) is 0 Å². The Bertz CT molecular complexity index is 639. The summed E-state index contributed by atoms with van der Waals surface area (Å²) >= 11 is 2.21. The van der Waals surface area contributed by atoms with Crippen LogP contribution in [0.25, 0.3) is 0 Å². The van der Waals surface area contributed by atoms with Crippen LogP contribution >= 0.6 is 11.8 Å². The van der Waals surface area contributed by atoms with Crippen molar-refractivity contribution in [3.8, 4) is 0 Å². The molecule has 0 aromatic carbocycles. The number of pyridine rings is 1. The fraction of sp³-hybridized carbons (Fsp3) is 0.889. The van der Waals surface area contributed by atoms with E-state index in [4.69, 9.17) is 0 Å². The number of aromatic nitrogens is 1. The Labute approximate surface area is 343 Å².